The summed E-state index contributed by atoms with van der Waals surface area (Å²) >= 11 is 0. The molecule has 116 valence electrons. The number of nitrogens with one attached hydrogen (secondary N) is 1. The van der Waals surface area contributed by atoms with Crippen molar-refractivity contribution in [3.8, 4) is 17.1 Å². The Kier molecular flexibility index (Phi) is 5.15. The van der Waals surface area contributed by atoms with Crippen molar-refractivity contribution < 1.29 is 4.74 Å². The van der Waals surface area contributed by atoms with E-state index < -0.39 is 0 Å². The van der Waals surface area contributed by atoms with E-state index in [2.05, 4.69) is 41.8 Å². The van der Waals surface area contributed by atoms with Gasteiger partial charge in [-0.05, 0) is 36.6 Å². The first-order valence-electron chi connectivity index (χ1n) is 7.43. The van der Waals surface area contributed by atoms with Gasteiger partial charge in [-0.3, -0.25) is 4.98 Å². The Bertz CT molecular complexity index is 665. The zero-order valence-electron chi connectivity index (χ0n) is 13.7. The number of nitrogens with zero attached hydrogens (tertiary/aromatic N) is 2. The Morgan fingerprint density at radius 2 is 2.14 bits per heavy atom. The van der Waals surface area contributed by atoms with Gasteiger partial charge in [-0.25, -0.2) is 4.98 Å². The summed E-state index contributed by atoms with van der Waals surface area (Å²) in [4.78, 5) is 9.16. The van der Waals surface area contributed by atoms with Crippen LogP contribution >= 0.6 is 0 Å². The molecule has 0 aliphatic rings. The third-order valence-electron chi connectivity index (χ3n) is 3.45. The maximum atomic E-state index is 5.46. The number of pyridine rings is 2. The van der Waals surface area contributed by atoms with E-state index >= 15 is 0 Å². The molecular formula is C18H23N3O. The molecule has 0 unspecified atom stereocenters. The van der Waals surface area contributed by atoms with Gasteiger partial charge in [0.15, 0.2) is 0 Å². The van der Waals surface area contributed by atoms with Gasteiger partial charge in [0.05, 0.1) is 30.3 Å². The topological polar surface area (TPSA) is 47.0 Å². The van der Waals surface area contributed by atoms with Crippen LogP contribution in [0.2, 0.25) is 0 Å². The molecule has 4 heteroatoms. The van der Waals surface area contributed by atoms with Crippen LogP contribution < -0.4 is 10.1 Å². The van der Waals surface area contributed by atoms with Gasteiger partial charge in [0.25, 0.3) is 0 Å². The van der Waals surface area contributed by atoms with Gasteiger partial charge in [-0.15, -0.1) is 6.58 Å². The standard InChI is InChI=1S/C18H23N3O/c1-6-9-19-14-10-13(4)17(20-11-14)15-7-8-16(12(2)3)21-18(15)22-5/h6-8,10-12,19H,1,9H2,2-5H3. The minimum absolute atomic E-state index is 0.363. The zero-order chi connectivity index (χ0) is 16.1. The number of aromatic nitrogens is 2. The SMILES string of the molecule is C=CCNc1cnc(-c2ccc(C(C)C)nc2OC)c(C)c1. The normalized spacial score (nSPS) is 10.6. The smallest absolute Gasteiger partial charge is 0.222 e. The van der Waals surface area contributed by atoms with Crippen molar-refractivity contribution in [3.63, 3.8) is 0 Å². The lowest BCUT2D eigenvalue weighted by Gasteiger charge is -2.13. The highest BCUT2D eigenvalue weighted by atomic mass is 16.5. The van der Waals surface area contributed by atoms with E-state index in [0.29, 0.717) is 18.3 Å². The fourth-order valence-electron chi connectivity index (χ4n) is 2.26. The minimum atomic E-state index is 0.363. The maximum Gasteiger partial charge on any atom is 0.222 e. The Morgan fingerprint density at radius 3 is 2.73 bits per heavy atom. The highest BCUT2D eigenvalue weighted by molar-refractivity contribution is 5.69. The lowest BCUT2D eigenvalue weighted by atomic mass is 10.0. The molecule has 2 heterocycles. The molecule has 0 aromatic carbocycles. The van der Waals surface area contributed by atoms with Crippen LogP contribution in [0.25, 0.3) is 11.3 Å². The molecule has 0 bridgehead atoms. The largest absolute Gasteiger partial charge is 0.480 e. The van der Waals surface area contributed by atoms with Crippen molar-refractivity contribution in [1.29, 1.82) is 0 Å². The maximum absolute atomic E-state index is 5.46. The molecule has 0 aliphatic carbocycles. The van der Waals surface area contributed by atoms with Crippen LogP contribution in [0.5, 0.6) is 5.88 Å². The quantitative estimate of drug-likeness (QED) is 0.812. The van der Waals surface area contributed by atoms with Gasteiger partial charge >= 0.3 is 0 Å². The van der Waals surface area contributed by atoms with Gasteiger partial charge in [-0.2, -0.15) is 0 Å². The molecule has 2 aromatic rings. The lowest BCUT2D eigenvalue weighted by molar-refractivity contribution is 0.397. The van der Waals surface area contributed by atoms with Crippen molar-refractivity contribution in [2.24, 2.45) is 0 Å². The predicted octanol–water partition coefficient (Wildman–Crippen LogP) is 4.18. The highest BCUT2D eigenvalue weighted by Crippen LogP contribution is 2.31. The molecule has 0 saturated heterocycles. The minimum Gasteiger partial charge on any atom is -0.480 e. The van der Waals surface area contributed by atoms with Crippen molar-refractivity contribution in [1.82, 2.24) is 9.97 Å². The molecule has 2 aromatic heterocycles. The molecule has 0 atom stereocenters. The summed E-state index contributed by atoms with van der Waals surface area (Å²) in [5, 5.41) is 3.24. The summed E-state index contributed by atoms with van der Waals surface area (Å²) < 4.78 is 5.46. The van der Waals surface area contributed by atoms with Crippen molar-refractivity contribution in [2.75, 3.05) is 19.0 Å². The van der Waals surface area contributed by atoms with E-state index in [0.717, 1.165) is 28.2 Å². The Hall–Kier alpha value is -2.36. The summed E-state index contributed by atoms with van der Waals surface area (Å²) in [5.41, 5.74) is 4.88. The fourth-order valence-corrected chi connectivity index (χ4v) is 2.26. The molecule has 2 rings (SSSR count). The molecule has 0 spiro atoms. The van der Waals surface area contributed by atoms with Crippen LogP contribution in [0.1, 0.15) is 31.0 Å². The fraction of sp³-hybridized carbons (Fsp3) is 0.333. The number of methoxy groups -OCH3 is 1. The van der Waals surface area contributed by atoms with Crippen LogP contribution in [0.15, 0.2) is 37.1 Å². The second-order valence-corrected chi connectivity index (χ2v) is 5.51. The van der Waals surface area contributed by atoms with E-state index in [9.17, 15) is 0 Å². The first kappa shape index (κ1) is 16.0. The molecular weight excluding hydrogens is 274 g/mol. The van der Waals surface area contributed by atoms with Gasteiger partial charge < -0.3 is 10.1 Å². The van der Waals surface area contributed by atoms with E-state index in [4.69, 9.17) is 4.74 Å². The second kappa shape index (κ2) is 7.07. The second-order valence-electron chi connectivity index (χ2n) is 5.51. The Labute approximate surface area is 132 Å². The van der Waals surface area contributed by atoms with Crippen molar-refractivity contribution in [2.45, 2.75) is 26.7 Å². The third-order valence-corrected chi connectivity index (χ3v) is 3.45. The summed E-state index contributed by atoms with van der Waals surface area (Å²) in [7, 11) is 1.64. The van der Waals surface area contributed by atoms with E-state index in [1.54, 1.807) is 7.11 Å². The predicted molar refractivity (Wildman–Crippen MR) is 91.5 cm³/mol. The molecule has 0 radical (unpaired) electrons. The summed E-state index contributed by atoms with van der Waals surface area (Å²) in [5.74, 6) is 0.982. The van der Waals surface area contributed by atoms with Crippen LogP contribution in [0.4, 0.5) is 5.69 Å². The average Bonchev–Trinajstić information content (AvgIpc) is 2.52. The first-order valence-corrected chi connectivity index (χ1v) is 7.43. The lowest BCUT2D eigenvalue weighted by Crippen LogP contribution is -2.02. The number of hydrogen-bond acceptors (Lipinski definition) is 4. The van der Waals surface area contributed by atoms with Gasteiger partial charge in [-0.1, -0.05) is 19.9 Å². The first-order chi connectivity index (χ1) is 10.6. The van der Waals surface area contributed by atoms with E-state index in [1.165, 1.54) is 0 Å². The van der Waals surface area contributed by atoms with E-state index in [1.807, 2.05) is 31.3 Å². The molecule has 4 nitrogen and oxygen atoms in total. The van der Waals surface area contributed by atoms with Crippen LogP contribution in [0.3, 0.4) is 0 Å². The molecule has 0 saturated carbocycles. The number of ether oxygens (including phenoxy) is 1. The van der Waals surface area contributed by atoms with Gasteiger partial charge in [0.2, 0.25) is 5.88 Å². The Morgan fingerprint density at radius 1 is 1.36 bits per heavy atom. The molecule has 0 aliphatic heterocycles. The zero-order valence-corrected chi connectivity index (χ0v) is 13.7. The summed E-state index contributed by atoms with van der Waals surface area (Å²) in [6.45, 7) is 10.7. The van der Waals surface area contributed by atoms with Crippen LogP contribution in [0, 0.1) is 6.92 Å². The number of anilines is 1. The monoisotopic (exact) mass is 297 g/mol. The molecule has 1 N–H and O–H groups in total. The van der Waals surface area contributed by atoms with Crippen molar-refractivity contribution in [3.05, 3.63) is 48.3 Å². The molecule has 0 fully saturated rings. The average molecular weight is 297 g/mol. The summed E-state index contributed by atoms with van der Waals surface area (Å²) in [6, 6.07) is 6.14. The van der Waals surface area contributed by atoms with E-state index in [-0.39, 0.29) is 0 Å². The van der Waals surface area contributed by atoms with Crippen molar-refractivity contribution >= 4 is 5.69 Å². The van der Waals surface area contributed by atoms with Crippen LogP contribution in [-0.4, -0.2) is 23.6 Å². The number of hydrogen-bond donors (Lipinski definition) is 1. The third kappa shape index (κ3) is 3.45. The highest BCUT2D eigenvalue weighted by Gasteiger charge is 2.14. The number of aryl methyl sites for hydroxylation is 1. The van der Waals surface area contributed by atoms with Gasteiger partial charge in [0, 0.05) is 12.2 Å². The molecule has 22 heavy (non-hydrogen) atoms. The van der Waals surface area contributed by atoms with Gasteiger partial charge in [0.1, 0.15) is 0 Å². The summed E-state index contributed by atoms with van der Waals surface area (Å²) in [6.07, 6.45) is 3.64. The Balaban J connectivity index is 2.41. The number of rotatable bonds is 6. The van der Waals surface area contributed by atoms with Crippen LogP contribution in [-0.2, 0) is 0 Å². The molecule has 0 amide bonds.